The summed E-state index contributed by atoms with van der Waals surface area (Å²) in [5.74, 6) is 0. The van der Waals surface area contributed by atoms with Gasteiger partial charge in [0.25, 0.3) is 0 Å². The van der Waals surface area contributed by atoms with Gasteiger partial charge in [-0.3, -0.25) is 0 Å². The number of rotatable bonds is 6. The number of aryl methyl sites for hydroxylation is 2. The van der Waals surface area contributed by atoms with Crippen molar-refractivity contribution in [2.24, 2.45) is 0 Å². The van der Waals surface area contributed by atoms with Gasteiger partial charge in [0.1, 0.15) is 0 Å². The zero-order valence-electron chi connectivity index (χ0n) is 15.8. The van der Waals surface area contributed by atoms with Gasteiger partial charge in [0.15, 0.2) is 0 Å². The highest BCUT2D eigenvalue weighted by atomic mass is 16.5. The van der Waals surface area contributed by atoms with E-state index in [4.69, 9.17) is 4.74 Å². The van der Waals surface area contributed by atoms with Crippen LogP contribution in [0.4, 0.5) is 4.79 Å². The summed E-state index contributed by atoms with van der Waals surface area (Å²) in [5, 5.41) is 16.0. The van der Waals surface area contributed by atoms with Crippen LogP contribution in [0.25, 0.3) is 0 Å². The van der Waals surface area contributed by atoms with Crippen LogP contribution >= 0.6 is 0 Å². The van der Waals surface area contributed by atoms with Crippen molar-refractivity contribution in [3.63, 3.8) is 0 Å². The van der Waals surface area contributed by atoms with Crippen LogP contribution in [0.2, 0.25) is 0 Å². The van der Waals surface area contributed by atoms with Crippen molar-refractivity contribution in [2.75, 3.05) is 40.4 Å². The van der Waals surface area contributed by atoms with E-state index < -0.39 is 6.10 Å². The van der Waals surface area contributed by atoms with Crippen molar-refractivity contribution in [2.45, 2.75) is 38.3 Å². The first kappa shape index (κ1) is 19.7. The highest BCUT2D eigenvalue weighted by molar-refractivity contribution is 5.74. The normalized spacial score (nSPS) is 18.0. The molecule has 2 amide bonds. The molecule has 1 fully saturated rings. The monoisotopic (exact) mass is 349 g/mol. The Morgan fingerprint density at radius 1 is 1.20 bits per heavy atom. The second kappa shape index (κ2) is 8.65. The van der Waals surface area contributed by atoms with Gasteiger partial charge in [-0.25, -0.2) is 4.79 Å². The van der Waals surface area contributed by atoms with Gasteiger partial charge in [0.2, 0.25) is 0 Å². The highest BCUT2D eigenvalue weighted by Crippen LogP contribution is 2.25. The lowest BCUT2D eigenvalue weighted by Crippen LogP contribution is -2.56. The minimum absolute atomic E-state index is 0.0676. The molecule has 140 valence electrons. The number of benzene rings is 1. The van der Waals surface area contributed by atoms with E-state index in [9.17, 15) is 9.90 Å². The molecule has 0 radical (unpaired) electrons. The fourth-order valence-electron chi connectivity index (χ4n) is 3.35. The van der Waals surface area contributed by atoms with E-state index in [2.05, 4.69) is 21.6 Å². The summed E-state index contributed by atoms with van der Waals surface area (Å²) in [6, 6.07) is 5.70. The number of aliphatic hydroxyl groups is 1. The van der Waals surface area contributed by atoms with E-state index in [1.165, 1.54) is 0 Å². The Morgan fingerprint density at radius 2 is 1.80 bits per heavy atom. The number of amides is 2. The Kier molecular flexibility index (Phi) is 6.81. The number of nitrogens with one attached hydrogen (secondary N) is 2. The molecule has 6 heteroatoms. The second-order valence-corrected chi connectivity index (χ2v) is 7.23. The van der Waals surface area contributed by atoms with Crippen molar-refractivity contribution in [1.82, 2.24) is 15.5 Å². The summed E-state index contributed by atoms with van der Waals surface area (Å²) in [5.41, 5.74) is 2.96. The molecule has 1 heterocycles. The quantitative estimate of drug-likeness (QED) is 0.731. The number of carbonyl (C=O) groups is 1. The maximum Gasteiger partial charge on any atom is 0.314 e. The van der Waals surface area contributed by atoms with E-state index in [0.29, 0.717) is 19.8 Å². The van der Waals surface area contributed by atoms with Crippen LogP contribution in [-0.2, 0) is 4.74 Å². The van der Waals surface area contributed by atoms with Crippen LogP contribution in [0.3, 0.4) is 0 Å². The Hall–Kier alpha value is -1.63. The minimum atomic E-state index is -0.713. The molecular formula is C19H31N3O3. The van der Waals surface area contributed by atoms with Gasteiger partial charge in [0.05, 0.1) is 6.10 Å². The van der Waals surface area contributed by atoms with Gasteiger partial charge in [0, 0.05) is 31.8 Å². The number of aliphatic hydroxyl groups excluding tert-OH is 1. The van der Waals surface area contributed by atoms with Gasteiger partial charge >= 0.3 is 6.03 Å². The predicted octanol–water partition coefficient (Wildman–Crippen LogP) is 1.75. The lowest BCUT2D eigenvalue weighted by molar-refractivity contribution is -0.00574. The van der Waals surface area contributed by atoms with E-state index in [-0.39, 0.29) is 18.1 Å². The summed E-state index contributed by atoms with van der Waals surface area (Å²) in [6.45, 7) is 6.18. The number of hydrogen-bond donors (Lipinski definition) is 3. The molecule has 1 aliphatic rings. The number of urea groups is 1. The largest absolute Gasteiger partial charge is 0.387 e. The maximum absolute atomic E-state index is 12.1. The zero-order chi connectivity index (χ0) is 18.4. The van der Waals surface area contributed by atoms with Crippen molar-refractivity contribution < 1.29 is 14.6 Å². The summed E-state index contributed by atoms with van der Waals surface area (Å²) in [6.07, 6.45) is 1.08. The molecule has 0 bridgehead atoms. The predicted molar refractivity (Wildman–Crippen MR) is 98.7 cm³/mol. The molecule has 25 heavy (non-hydrogen) atoms. The molecule has 1 atom stereocenters. The Morgan fingerprint density at radius 3 is 2.36 bits per heavy atom. The Labute approximate surface area is 150 Å². The molecule has 6 nitrogen and oxygen atoms in total. The number of nitrogens with zero attached hydrogens (tertiary/aromatic N) is 1. The third kappa shape index (κ3) is 5.42. The average Bonchev–Trinajstić information content (AvgIpc) is 2.57. The smallest absolute Gasteiger partial charge is 0.314 e. The second-order valence-electron chi connectivity index (χ2n) is 7.23. The van der Waals surface area contributed by atoms with Crippen molar-refractivity contribution >= 4 is 6.03 Å². The summed E-state index contributed by atoms with van der Waals surface area (Å²) in [7, 11) is 4.07. The van der Waals surface area contributed by atoms with E-state index >= 15 is 0 Å². The zero-order valence-corrected chi connectivity index (χ0v) is 15.8. The lowest BCUT2D eigenvalue weighted by atomic mass is 9.88. The molecule has 0 saturated carbocycles. The number of ether oxygens (including phenoxy) is 1. The van der Waals surface area contributed by atoms with Crippen LogP contribution in [0.1, 0.15) is 35.6 Å². The molecule has 0 aromatic heterocycles. The maximum atomic E-state index is 12.1. The average molecular weight is 349 g/mol. The van der Waals surface area contributed by atoms with Gasteiger partial charge < -0.3 is 25.4 Å². The highest BCUT2D eigenvalue weighted by Gasteiger charge is 2.35. The first-order valence-corrected chi connectivity index (χ1v) is 8.85. The Balaban J connectivity index is 1.83. The molecule has 0 aliphatic carbocycles. The first-order chi connectivity index (χ1) is 11.8. The topological polar surface area (TPSA) is 73.8 Å². The SMILES string of the molecule is Cc1cc(C)cc(C(O)CNC(=O)NCC2(N(C)C)CCOCC2)c1. The molecule has 3 N–H and O–H groups in total. The van der Waals surface area contributed by atoms with Gasteiger partial charge in [-0.1, -0.05) is 29.3 Å². The van der Waals surface area contributed by atoms with E-state index in [0.717, 1.165) is 29.5 Å². The number of likely N-dealkylation sites (N-methyl/N-ethyl adjacent to an activating group) is 1. The third-order valence-electron chi connectivity index (χ3n) is 5.03. The van der Waals surface area contributed by atoms with Crippen molar-refractivity contribution in [1.29, 1.82) is 0 Å². The van der Waals surface area contributed by atoms with Crippen molar-refractivity contribution in [3.8, 4) is 0 Å². The van der Waals surface area contributed by atoms with Crippen LogP contribution in [0.15, 0.2) is 18.2 Å². The van der Waals surface area contributed by atoms with Crippen LogP contribution in [-0.4, -0.2) is 62.0 Å². The molecule has 1 aliphatic heterocycles. The Bertz CT molecular complexity index is 563. The third-order valence-corrected chi connectivity index (χ3v) is 5.03. The van der Waals surface area contributed by atoms with Gasteiger partial charge in [-0.2, -0.15) is 0 Å². The standard InChI is InChI=1S/C19H31N3O3/c1-14-9-15(2)11-16(10-14)17(23)12-20-18(24)21-13-19(22(3)4)5-7-25-8-6-19/h9-11,17,23H,5-8,12-13H2,1-4H3,(H2,20,21,24). The lowest BCUT2D eigenvalue weighted by Gasteiger charge is -2.42. The molecule has 1 aromatic rings. The molecule has 0 spiro atoms. The van der Waals surface area contributed by atoms with E-state index in [1.54, 1.807) is 0 Å². The first-order valence-electron chi connectivity index (χ1n) is 8.85. The fraction of sp³-hybridized carbons (Fsp3) is 0.632. The molecular weight excluding hydrogens is 318 g/mol. The number of carbonyl (C=O) groups excluding carboxylic acids is 1. The number of hydrogen-bond acceptors (Lipinski definition) is 4. The van der Waals surface area contributed by atoms with Crippen LogP contribution in [0, 0.1) is 13.8 Å². The summed E-state index contributed by atoms with van der Waals surface area (Å²) in [4.78, 5) is 14.3. The molecule has 1 unspecified atom stereocenters. The summed E-state index contributed by atoms with van der Waals surface area (Å²) < 4.78 is 5.44. The van der Waals surface area contributed by atoms with Crippen LogP contribution < -0.4 is 10.6 Å². The van der Waals surface area contributed by atoms with Gasteiger partial charge in [-0.15, -0.1) is 0 Å². The fourth-order valence-corrected chi connectivity index (χ4v) is 3.35. The molecule has 2 rings (SSSR count). The van der Waals surface area contributed by atoms with E-state index in [1.807, 2.05) is 40.1 Å². The molecule has 1 saturated heterocycles. The van der Waals surface area contributed by atoms with Crippen molar-refractivity contribution in [3.05, 3.63) is 34.9 Å². The van der Waals surface area contributed by atoms with Gasteiger partial charge in [-0.05, 0) is 46.3 Å². The molecule has 1 aromatic carbocycles. The minimum Gasteiger partial charge on any atom is -0.387 e. The summed E-state index contributed by atoms with van der Waals surface area (Å²) >= 11 is 0. The van der Waals surface area contributed by atoms with Crippen LogP contribution in [0.5, 0.6) is 0 Å².